The van der Waals surface area contributed by atoms with Gasteiger partial charge in [0.1, 0.15) is 0 Å². The molecule has 2 aromatic rings. The maximum absolute atomic E-state index is 13.3. The van der Waals surface area contributed by atoms with Crippen molar-refractivity contribution in [2.24, 2.45) is 5.92 Å². The fourth-order valence-electron chi connectivity index (χ4n) is 5.06. The van der Waals surface area contributed by atoms with Gasteiger partial charge in [-0.25, -0.2) is 0 Å². The molecule has 1 amide bonds. The molecule has 2 aliphatic rings. The zero-order valence-electron chi connectivity index (χ0n) is 18.5. The summed E-state index contributed by atoms with van der Waals surface area (Å²) in [5.74, 6) is 0.101. The summed E-state index contributed by atoms with van der Waals surface area (Å²) < 4.78 is 40.0. The van der Waals surface area contributed by atoms with Crippen LogP contribution in [-0.2, 0) is 6.18 Å². The van der Waals surface area contributed by atoms with Crippen LogP contribution in [0.15, 0.2) is 48.5 Å². The number of rotatable bonds is 7. The Morgan fingerprint density at radius 2 is 1.76 bits per heavy atom. The fraction of sp³-hybridized carbons (Fsp3) is 0.480. The summed E-state index contributed by atoms with van der Waals surface area (Å²) in [4.78, 5) is 15.7. The maximum Gasteiger partial charge on any atom is 0.417 e. The molecule has 0 radical (unpaired) electrons. The summed E-state index contributed by atoms with van der Waals surface area (Å²) in [6.45, 7) is 0.962. The van der Waals surface area contributed by atoms with Gasteiger partial charge in [-0.1, -0.05) is 60.8 Å². The summed E-state index contributed by atoms with van der Waals surface area (Å²) in [5, 5.41) is 2.53. The van der Waals surface area contributed by atoms with Crippen LogP contribution in [0.3, 0.4) is 0 Å². The van der Waals surface area contributed by atoms with E-state index in [4.69, 9.17) is 11.6 Å². The molecule has 2 aliphatic carbocycles. The average molecular weight is 501 g/mol. The predicted octanol–water partition coefficient (Wildman–Crippen LogP) is 6.91. The van der Waals surface area contributed by atoms with Crippen LogP contribution in [0.4, 0.5) is 13.2 Å². The quantitative estimate of drug-likeness (QED) is 0.448. The van der Waals surface area contributed by atoms with Crippen molar-refractivity contribution >= 4 is 29.9 Å². The van der Waals surface area contributed by atoms with Gasteiger partial charge in [0, 0.05) is 12.1 Å². The number of nitrogens with one attached hydrogen (secondary N) is 1. The molecule has 0 saturated heterocycles. The predicted molar refractivity (Wildman–Crippen MR) is 127 cm³/mol. The second-order valence-electron chi connectivity index (χ2n) is 9.12. The van der Waals surface area contributed by atoms with Crippen molar-refractivity contribution in [1.29, 1.82) is 0 Å². The van der Waals surface area contributed by atoms with Crippen molar-refractivity contribution in [2.75, 3.05) is 13.6 Å². The van der Waals surface area contributed by atoms with Gasteiger partial charge in [-0.15, -0.1) is 12.4 Å². The highest BCUT2D eigenvalue weighted by atomic mass is 35.5. The number of halogens is 5. The number of alkyl halides is 3. The van der Waals surface area contributed by atoms with Gasteiger partial charge in [0.15, 0.2) is 0 Å². The molecule has 2 aromatic carbocycles. The monoisotopic (exact) mass is 500 g/mol. The lowest BCUT2D eigenvalue weighted by Gasteiger charge is -2.45. The van der Waals surface area contributed by atoms with Crippen molar-refractivity contribution in [2.45, 2.75) is 56.3 Å². The van der Waals surface area contributed by atoms with Crippen LogP contribution in [0, 0.1) is 5.92 Å². The highest BCUT2D eigenvalue weighted by Crippen LogP contribution is 2.46. The van der Waals surface area contributed by atoms with Gasteiger partial charge in [0.05, 0.1) is 22.2 Å². The lowest BCUT2D eigenvalue weighted by molar-refractivity contribution is -0.137. The van der Waals surface area contributed by atoms with Crippen molar-refractivity contribution in [3.63, 3.8) is 0 Å². The highest BCUT2D eigenvalue weighted by molar-refractivity contribution is 6.34. The normalized spacial score (nSPS) is 18.6. The van der Waals surface area contributed by atoms with Crippen LogP contribution in [0.1, 0.15) is 66.1 Å². The molecular weight excluding hydrogens is 472 g/mol. The van der Waals surface area contributed by atoms with Crippen LogP contribution in [0.5, 0.6) is 0 Å². The number of likely N-dealkylation sites (N-methyl/N-ethyl adjacent to an activating group) is 1. The Kier molecular flexibility index (Phi) is 8.03. The van der Waals surface area contributed by atoms with E-state index >= 15 is 0 Å². The molecule has 180 valence electrons. The molecule has 0 heterocycles. The number of amides is 1. The van der Waals surface area contributed by atoms with Gasteiger partial charge in [-0.2, -0.15) is 13.2 Å². The van der Waals surface area contributed by atoms with Crippen molar-refractivity contribution in [1.82, 2.24) is 10.2 Å². The Hall–Kier alpha value is -1.76. The minimum Gasteiger partial charge on any atom is -0.343 e. The van der Waals surface area contributed by atoms with E-state index in [0.29, 0.717) is 5.92 Å². The molecule has 4 rings (SSSR count). The molecule has 3 nitrogen and oxygen atoms in total. The summed E-state index contributed by atoms with van der Waals surface area (Å²) >= 11 is 6.06. The second-order valence-corrected chi connectivity index (χ2v) is 9.49. The molecule has 1 atom stereocenters. The van der Waals surface area contributed by atoms with Crippen LogP contribution in [-0.4, -0.2) is 29.9 Å². The molecule has 8 heteroatoms. The number of hydrogen-bond donors (Lipinski definition) is 1. The lowest BCUT2D eigenvalue weighted by atomic mass is 9.81. The third-order valence-corrected chi connectivity index (χ3v) is 7.36. The zero-order valence-corrected chi connectivity index (χ0v) is 20.1. The summed E-state index contributed by atoms with van der Waals surface area (Å²) in [7, 11) is 2.11. The molecule has 2 fully saturated rings. The first-order valence-electron chi connectivity index (χ1n) is 11.1. The first-order chi connectivity index (χ1) is 15.2. The van der Waals surface area contributed by atoms with Gasteiger partial charge in [-0.05, 0) is 56.3 Å². The van der Waals surface area contributed by atoms with Gasteiger partial charge in [-0.3, -0.25) is 9.69 Å². The molecule has 2 saturated carbocycles. The lowest BCUT2D eigenvalue weighted by Crippen LogP contribution is -2.55. The third-order valence-electron chi connectivity index (χ3n) is 6.95. The number of carbonyl (C=O) groups excluding carboxylic acids is 1. The molecule has 1 unspecified atom stereocenters. The Bertz CT molecular complexity index is 958. The van der Waals surface area contributed by atoms with E-state index in [2.05, 4.69) is 17.3 Å². The van der Waals surface area contributed by atoms with Crippen LogP contribution in [0.25, 0.3) is 0 Å². The molecule has 1 N–H and O–H groups in total. The van der Waals surface area contributed by atoms with Crippen LogP contribution >= 0.6 is 24.0 Å². The van der Waals surface area contributed by atoms with Gasteiger partial charge in [0.2, 0.25) is 0 Å². The number of benzene rings is 2. The minimum atomic E-state index is -4.62. The number of hydrogen-bond acceptors (Lipinski definition) is 2. The third kappa shape index (κ3) is 5.50. The van der Waals surface area contributed by atoms with E-state index in [0.717, 1.165) is 43.9 Å². The van der Waals surface area contributed by atoms with Crippen molar-refractivity contribution in [3.8, 4) is 0 Å². The number of nitrogens with zero attached hydrogens (tertiary/aromatic N) is 1. The first kappa shape index (κ1) is 25.9. The zero-order chi connectivity index (χ0) is 22.9. The Labute approximate surface area is 204 Å². The second kappa shape index (κ2) is 10.2. The van der Waals surface area contributed by atoms with Crippen molar-refractivity contribution < 1.29 is 18.0 Å². The van der Waals surface area contributed by atoms with E-state index < -0.39 is 22.7 Å². The van der Waals surface area contributed by atoms with E-state index in [1.807, 2.05) is 30.3 Å². The molecule has 0 aliphatic heterocycles. The topological polar surface area (TPSA) is 32.3 Å². The minimum absolute atomic E-state index is 0. The Morgan fingerprint density at radius 1 is 1.12 bits per heavy atom. The highest BCUT2D eigenvalue weighted by Gasteiger charge is 2.47. The van der Waals surface area contributed by atoms with E-state index in [1.54, 1.807) is 0 Å². The fourth-order valence-corrected chi connectivity index (χ4v) is 5.38. The van der Waals surface area contributed by atoms with Gasteiger partial charge < -0.3 is 5.32 Å². The summed E-state index contributed by atoms with van der Waals surface area (Å²) in [6, 6.07) is 12.8. The van der Waals surface area contributed by atoms with Crippen LogP contribution < -0.4 is 5.32 Å². The largest absolute Gasteiger partial charge is 0.417 e. The van der Waals surface area contributed by atoms with E-state index in [1.165, 1.54) is 25.0 Å². The van der Waals surface area contributed by atoms with Gasteiger partial charge in [0.25, 0.3) is 5.91 Å². The smallest absolute Gasteiger partial charge is 0.343 e. The van der Waals surface area contributed by atoms with Gasteiger partial charge >= 0.3 is 6.18 Å². The SMILES string of the molecule is CN(CC1CC1)C1(C(NC(=O)c2cccc(C(F)(F)F)c2Cl)c2ccccc2)CCCC1.Cl. The summed E-state index contributed by atoms with van der Waals surface area (Å²) in [5.41, 5.74) is -0.480. The standard InChI is InChI=1S/C25H28ClF3N2O.ClH/c1-31(16-17-12-13-17)24(14-5-6-15-24)22(18-8-3-2-4-9-18)30-23(32)19-10-7-11-20(21(19)26)25(27,28)29;/h2-4,7-11,17,22H,5-6,12-16H2,1H3,(H,30,32);1H. The Balaban J connectivity index is 0.00000306. The maximum atomic E-state index is 13.3. The van der Waals surface area contributed by atoms with Crippen LogP contribution in [0.2, 0.25) is 5.02 Å². The van der Waals surface area contributed by atoms with Crippen molar-refractivity contribution in [3.05, 3.63) is 70.2 Å². The molecule has 0 bridgehead atoms. The van der Waals surface area contributed by atoms with E-state index in [9.17, 15) is 18.0 Å². The summed E-state index contributed by atoms with van der Waals surface area (Å²) in [6.07, 6.45) is 1.78. The molecule has 0 aromatic heterocycles. The molecular formula is C25H29Cl2F3N2O. The van der Waals surface area contributed by atoms with E-state index in [-0.39, 0.29) is 29.6 Å². The Morgan fingerprint density at radius 3 is 2.33 bits per heavy atom. The first-order valence-corrected chi connectivity index (χ1v) is 11.5. The molecule has 33 heavy (non-hydrogen) atoms. The molecule has 0 spiro atoms. The number of carbonyl (C=O) groups is 1. The average Bonchev–Trinajstić information content (AvgIpc) is 3.43.